The van der Waals surface area contributed by atoms with Gasteiger partial charge in [0, 0.05) is 5.02 Å². The van der Waals surface area contributed by atoms with E-state index < -0.39 is 10.8 Å². The number of halogens is 2. The van der Waals surface area contributed by atoms with E-state index in [0.29, 0.717) is 10.6 Å². The Kier molecular flexibility index (Phi) is 2.84. The summed E-state index contributed by atoms with van der Waals surface area (Å²) in [6.07, 6.45) is 0. The largest absolute Gasteiger partial charge is 0.480 e. The predicted molar refractivity (Wildman–Crippen MR) is 52.3 cm³/mol. The third kappa shape index (κ3) is 2.14. The van der Waals surface area contributed by atoms with E-state index in [1.54, 1.807) is 24.3 Å². The Hall–Kier alpha value is -0.730. The van der Waals surface area contributed by atoms with Crippen molar-refractivity contribution in [2.45, 2.75) is 11.8 Å². The topological polar surface area (TPSA) is 37.3 Å². The molecule has 0 aliphatic carbocycles. The monoisotopic (exact) mass is 218 g/mol. The van der Waals surface area contributed by atoms with E-state index in [2.05, 4.69) is 0 Å². The van der Waals surface area contributed by atoms with Crippen LogP contribution < -0.4 is 0 Å². The molecule has 0 aliphatic heterocycles. The Morgan fingerprint density at radius 3 is 2.23 bits per heavy atom. The zero-order chi connectivity index (χ0) is 10.1. The summed E-state index contributed by atoms with van der Waals surface area (Å²) in [5, 5.41) is 9.36. The van der Waals surface area contributed by atoms with Crippen LogP contribution in [0.2, 0.25) is 5.02 Å². The zero-order valence-electron chi connectivity index (χ0n) is 6.92. The first kappa shape index (κ1) is 10.4. The first-order valence-corrected chi connectivity index (χ1v) is 4.38. The van der Waals surface area contributed by atoms with Gasteiger partial charge in [-0.05, 0) is 24.6 Å². The van der Waals surface area contributed by atoms with E-state index in [-0.39, 0.29) is 0 Å². The van der Waals surface area contributed by atoms with Crippen molar-refractivity contribution in [3.05, 3.63) is 34.9 Å². The van der Waals surface area contributed by atoms with Crippen LogP contribution in [-0.2, 0) is 9.67 Å². The van der Waals surface area contributed by atoms with Gasteiger partial charge in [0.25, 0.3) is 0 Å². The summed E-state index contributed by atoms with van der Waals surface area (Å²) < 4.78 is 0. The summed E-state index contributed by atoms with van der Waals surface area (Å²) in [4.78, 5) is 9.36. The third-order valence-electron chi connectivity index (χ3n) is 1.79. The highest BCUT2D eigenvalue weighted by molar-refractivity contribution is 6.33. The number of carboxylic acid groups (broad SMARTS) is 1. The molecular formula is C9H8Cl2O2. The standard InChI is InChI=1S/C9H8Cl2O2/c1-9(11,8(12)13)6-2-4-7(10)5-3-6/h2-5H,1H3,(H,12,13). The van der Waals surface area contributed by atoms with Gasteiger partial charge in [-0.3, -0.25) is 0 Å². The van der Waals surface area contributed by atoms with Gasteiger partial charge in [-0.1, -0.05) is 23.7 Å². The fourth-order valence-electron chi connectivity index (χ4n) is 0.886. The molecule has 0 aromatic heterocycles. The van der Waals surface area contributed by atoms with Gasteiger partial charge >= 0.3 is 5.97 Å². The second kappa shape index (κ2) is 3.56. The van der Waals surface area contributed by atoms with Crippen molar-refractivity contribution in [3.63, 3.8) is 0 Å². The molecule has 2 nitrogen and oxygen atoms in total. The number of carboxylic acids is 1. The normalized spacial score (nSPS) is 15.0. The van der Waals surface area contributed by atoms with Gasteiger partial charge in [-0.25, -0.2) is 4.79 Å². The maximum atomic E-state index is 10.7. The molecule has 70 valence electrons. The lowest BCUT2D eigenvalue weighted by Crippen LogP contribution is -2.25. The van der Waals surface area contributed by atoms with Gasteiger partial charge in [0.05, 0.1) is 0 Å². The van der Waals surface area contributed by atoms with Crippen molar-refractivity contribution in [2.75, 3.05) is 0 Å². The minimum absolute atomic E-state index is 0.520. The summed E-state index contributed by atoms with van der Waals surface area (Å²) in [6.45, 7) is 1.43. The lowest BCUT2D eigenvalue weighted by Gasteiger charge is -2.16. The molecule has 1 unspecified atom stereocenters. The van der Waals surface area contributed by atoms with Crippen LogP contribution in [0.15, 0.2) is 24.3 Å². The smallest absolute Gasteiger partial charge is 0.329 e. The Balaban J connectivity index is 3.08. The number of rotatable bonds is 2. The van der Waals surface area contributed by atoms with Crippen LogP contribution in [0.3, 0.4) is 0 Å². The van der Waals surface area contributed by atoms with Gasteiger partial charge in [-0.15, -0.1) is 11.6 Å². The minimum atomic E-state index is -1.38. The van der Waals surface area contributed by atoms with Gasteiger partial charge in [0.15, 0.2) is 4.87 Å². The van der Waals surface area contributed by atoms with Crippen LogP contribution in [0.4, 0.5) is 0 Å². The molecule has 0 spiro atoms. The van der Waals surface area contributed by atoms with Gasteiger partial charge in [-0.2, -0.15) is 0 Å². The Morgan fingerprint density at radius 1 is 1.38 bits per heavy atom. The average molecular weight is 219 g/mol. The molecule has 0 radical (unpaired) electrons. The van der Waals surface area contributed by atoms with Crippen LogP contribution in [0.25, 0.3) is 0 Å². The van der Waals surface area contributed by atoms with Crippen molar-refractivity contribution in [3.8, 4) is 0 Å². The highest BCUT2D eigenvalue weighted by Gasteiger charge is 2.32. The van der Waals surface area contributed by atoms with Crippen LogP contribution in [0.5, 0.6) is 0 Å². The molecule has 0 aliphatic rings. The number of benzene rings is 1. The van der Waals surface area contributed by atoms with E-state index >= 15 is 0 Å². The fourth-order valence-corrected chi connectivity index (χ4v) is 1.14. The maximum Gasteiger partial charge on any atom is 0.329 e. The zero-order valence-corrected chi connectivity index (χ0v) is 8.43. The van der Waals surface area contributed by atoms with Crippen molar-refractivity contribution in [1.82, 2.24) is 0 Å². The lowest BCUT2D eigenvalue weighted by molar-refractivity contribution is -0.139. The SMILES string of the molecule is CC(Cl)(C(=O)O)c1ccc(Cl)cc1. The van der Waals surface area contributed by atoms with E-state index in [1.807, 2.05) is 0 Å². The van der Waals surface area contributed by atoms with Crippen molar-refractivity contribution >= 4 is 29.2 Å². The summed E-state index contributed by atoms with van der Waals surface area (Å²) in [6, 6.07) is 6.42. The fraction of sp³-hybridized carbons (Fsp3) is 0.222. The Labute approximate surface area is 86.1 Å². The molecule has 0 saturated carbocycles. The molecular weight excluding hydrogens is 211 g/mol. The predicted octanol–water partition coefficient (Wildman–Crippen LogP) is 2.88. The lowest BCUT2D eigenvalue weighted by atomic mass is 10.0. The quantitative estimate of drug-likeness (QED) is 0.776. The second-order valence-electron chi connectivity index (χ2n) is 2.82. The number of aliphatic carboxylic acids is 1. The van der Waals surface area contributed by atoms with Crippen molar-refractivity contribution in [1.29, 1.82) is 0 Å². The summed E-state index contributed by atoms with van der Waals surface area (Å²) in [5.41, 5.74) is 0.520. The molecule has 4 heteroatoms. The molecule has 1 aromatic carbocycles. The van der Waals surface area contributed by atoms with Crippen LogP contribution in [0.1, 0.15) is 12.5 Å². The molecule has 0 amide bonds. The van der Waals surface area contributed by atoms with Gasteiger partial charge in [0.1, 0.15) is 0 Å². The second-order valence-corrected chi connectivity index (χ2v) is 4.01. The average Bonchev–Trinajstić information content (AvgIpc) is 2.04. The van der Waals surface area contributed by atoms with Crippen molar-refractivity contribution in [2.24, 2.45) is 0 Å². The molecule has 1 rings (SSSR count). The molecule has 0 saturated heterocycles. The number of hydrogen-bond donors (Lipinski definition) is 1. The first-order valence-electron chi connectivity index (χ1n) is 3.63. The minimum Gasteiger partial charge on any atom is -0.480 e. The Morgan fingerprint density at radius 2 is 1.85 bits per heavy atom. The van der Waals surface area contributed by atoms with E-state index in [0.717, 1.165) is 0 Å². The van der Waals surface area contributed by atoms with E-state index in [1.165, 1.54) is 6.92 Å². The first-order chi connectivity index (χ1) is 5.94. The summed E-state index contributed by atoms with van der Waals surface area (Å²) in [5.74, 6) is -1.07. The molecule has 1 N–H and O–H groups in total. The van der Waals surface area contributed by atoms with Crippen LogP contribution in [-0.4, -0.2) is 11.1 Å². The van der Waals surface area contributed by atoms with Crippen molar-refractivity contribution < 1.29 is 9.90 Å². The van der Waals surface area contributed by atoms with E-state index in [9.17, 15) is 4.79 Å². The summed E-state index contributed by atoms with van der Waals surface area (Å²) >= 11 is 11.5. The summed E-state index contributed by atoms with van der Waals surface area (Å²) in [7, 11) is 0. The third-order valence-corrected chi connectivity index (χ3v) is 2.42. The maximum absolute atomic E-state index is 10.7. The molecule has 0 heterocycles. The number of hydrogen-bond acceptors (Lipinski definition) is 1. The number of alkyl halides is 1. The molecule has 1 aromatic rings. The molecule has 13 heavy (non-hydrogen) atoms. The van der Waals surface area contributed by atoms with E-state index in [4.69, 9.17) is 28.3 Å². The Bertz CT molecular complexity index is 317. The molecule has 0 fully saturated rings. The van der Waals surface area contributed by atoms with Crippen LogP contribution >= 0.6 is 23.2 Å². The highest BCUT2D eigenvalue weighted by atomic mass is 35.5. The van der Waals surface area contributed by atoms with Crippen LogP contribution in [0, 0.1) is 0 Å². The molecule has 1 atom stereocenters. The molecule has 0 bridgehead atoms. The van der Waals surface area contributed by atoms with Gasteiger partial charge in [0.2, 0.25) is 0 Å². The number of carbonyl (C=O) groups is 1. The van der Waals surface area contributed by atoms with Gasteiger partial charge < -0.3 is 5.11 Å². The highest BCUT2D eigenvalue weighted by Crippen LogP contribution is 2.29.